The van der Waals surface area contributed by atoms with E-state index in [1.807, 2.05) is 0 Å². The van der Waals surface area contributed by atoms with E-state index in [1.54, 1.807) is 0 Å². The van der Waals surface area contributed by atoms with Gasteiger partial charge in [0.2, 0.25) is 6.17 Å². The molecule has 0 heterocycles. The van der Waals surface area contributed by atoms with Crippen molar-refractivity contribution in [1.82, 2.24) is 0 Å². The second-order valence-corrected chi connectivity index (χ2v) is 3.48. The molecule has 1 nitrogen and oxygen atoms in total. The molecule has 1 fully saturated rings. The first-order valence-electron chi connectivity index (χ1n) is 4.02. The fourth-order valence-corrected chi connectivity index (χ4v) is 1.60. The summed E-state index contributed by atoms with van der Waals surface area (Å²) in [5.74, 6) is -19.7. The highest BCUT2D eigenvalue weighted by Gasteiger charge is 2.84. The van der Waals surface area contributed by atoms with E-state index in [9.17, 15) is 35.1 Å². The Bertz CT molecular complexity index is 278. The molecule has 1 N–H and O–H groups in total. The van der Waals surface area contributed by atoms with Crippen molar-refractivity contribution >= 4 is 0 Å². The van der Waals surface area contributed by atoms with Crippen LogP contribution >= 0.6 is 0 Å². The third-order valence-corrected chi connectivity index (χ3v) is 2.46. The van der Waals surface area contributed by atoms with Crippen molar-refractivity contribution in [2.75, 3.05) is 6.67 Å². The van der Waals surface area contributed by atoms with Crippen LogP contribution in [-0.2, 0) is 0 Å². The van der Waals surface area contributed by atoms with Crippen molar-refractivity contribution in [3.63, 3.8) is 0 Å². The fourth-order valence-electron chi connectivity index (χ4n) is 1.60. The lowest BCUT2D eigenvalue weighted by Gasteiger charge is -2.26. The Morgan fingerprint density at radius 3 is 1.81 bits per heavy atom. The Morgan fingerprint density at radius 1 is 1.12 bits per heavy atom. The molecule has 1 aliphatic carbocycles. The zero-order valence-corrected chi connectivity index (χ0v) is 7.41. The van der Waals surface area contributed by atoms with E-state index in [2.05, 4.69) is 0 Å². The number of alkyl halides is 8. The quantitative estimate of drug-likeness (QED) is 0.753. The maximum absolute atomic E-state index is 12.8. The highest BCUT2D eigenvalue weighted by atomic mass is 19.3. The normalized spacial score (nSPS) is 43.3. The number of hydrogen-bond acceptors (Lipinski definition) is 1. The average Bonchev–Trinajstić information content (AvgIpc) is 2.22. The number of rotatable bonds is 2. The van der Waals surface area contributed by atoms with Crippen molar-refractivity contribution in [2.45, 2.75) is 30.0 Å². The molecule has 0 spiro atoms. The van der Waals surface area contributed by atoms with Gasteiger partial charge in [-0.1, -0.05) is 0 Å². The van der Waals surface area contributed by atoms with E-state index in [4.69, 9.17) is 5.11 Å². The van der Waals surface area contributed by atoms with Gasteiger partial charge in [-0.15, -0.1) is 0 Å². The molecule has 1 saturated carbocycles. The molecule has 96 valence electrons. The maximum Gasteiger partial charge on any atom is 0.320 e. The first-order valence-corrected chi connectivity index (χ1v) is 4.02. The van der Waals surface area contributed by atoms with Crippen LogP contribution in [0.2, 0.25) is 0 Å². The Kier molecular flexibility index (Phi) is 2.90. The molecule has 0 aromatic heterocycles. The van der Waals surface area contributed by atoms with Gasteiger partial charge in [0.05, 0.1) is 0 Å². The van der Waals surface area contributed by atoms with E-state index < -0.39 is 42.6 Å². The summed E-state index contributed by atoms with van der Waals surface area (Å²) in [6, 6.07) is 0. The van der Waals surface area contributed by atoms with Crippen LogP contribution in [0.4, 0.5) is 35.1 Å². The molecule has 0 radical (unpaired) electrons. The summed E-state index contributed by atoms with van der Waals surface area (Å²) in [6.45, 7) is -2.27. The fraction of sp³-hybridized carbons (Fsp3) is 1.00. The van der Waals surface area contributed by atoms with E-state index in [0.29, 0.717) is 0 Å². The molecule has 16 heavy (non-hydrogen) atoms. The van der Waals surface area contributed by atoms with Crippen molar-refractivity contribution in [1.29, 1.82) is 0 Å². The second kappa shape index (κ2) is 3.44. The summed E-state index contributed by atoms with van der Waals surface area (Å²) in [5, 5.41) is 8.28. The van der Waals surface area contributed by atoms with E-state index in [0.717, 1.165) is 0 Å². The molecule has 1 rings (SSSR count). The van der Waals surface area contributed by atoms with Gasteiger partial charge in [-0.3, -0.25) is 0 Å². The summed E-state index contributed by atoms with van der Waals surface area (Å²) in [6.07, 6.45) is -7.79. The predicted octanol–water partition coefficient (Wildman–Crippen LogP) is 2.19. The Morgan fingerprint density at radius 2 is 1.56 bits per heavy atom. The average molecular weight is 258 g/mol. The highest BCUT2D eigenvalue weighted by molar-refractivity contribution is 5.14. The van der Waals surface area contributed by atoms with Gasteiger partial charge < -0.3 is 5.11 Å². The topological polar surface area (TPSA) is 20.2 Å². The molecule has 0 bridgehead atoms. The monoisotopic (exact) mass is 258 g/mol. The number of hydrogen-bond donors (Lipinski definition) is 1. The zero-order valence-electron chi connectivity index (χ0n) is 7.41. The van der Waals surface area contributed by atoms with Crippen LogP contribution in [0.25, 0.3) is 0 Å². The second-order valence-electron chi connectivity index (χ2n) is 3.48. The number of halogens is 8. The maximum atomic E-state index is 12.8. The lowest BCUT2D eigenvalue weighted by atomic mass is 9.96. The summed E-state index contributed by atoms with van der Waals surface area (Å²) in [4.78, 5) is 0. The molecule has 4 unspecified atom stereocenters. The third kappa shape index (κ3) is 1.40. The first-order chi connectivity index (χ1) is 7.01. The van der Waals surface area contributed by atoms with Crippen LogP contribution in [0.1, 0.15) is 0 Å². The summed E-state index contributed by atoms with van der Waals surface area (Å²) in [7, 11) is 0. The summed E-state index contributed by atoms with van der Waals surface area (Å²) >= 11 is 0. The van der Waals surface area contributed by atoms with Gasteiger partial charge in [-0.2, -0.15) is 8.78 Å². The molecule has 1 aliphatic rings. The van der Waals surface area contributed by atoms with Crippen LogP contribution in [0.5, 0.6) is 0 Å². The molecule has 0 amide bonds. The Balaban J connectivity index is 3.26. The van der Waals surface area contributed by atoms with E-state index >= 15 is 0 Å². The molecular weight excluding hydrogens is 252 g/mol. The van der Waals surface area contributed by atoms with Crippen molar-refractivity contribution in [3.05, 3.63) is 0 Å². The summed E-state index contributed by atoms with van der Waals surface area (Å²) < 4.78 is 101. The molecule has 0 saturated heterocycles. The van der Waals surface area contributed by atoms with Crippen LogP contribution in [0.15, 0.2) is 0 Å². The lowest BCUT2D eigenvalue weighted by molar-refractivity contribution is -0.269. The van der Waals surface area contributed by atoms with Crippen LogP contribution in [0.3, 0.4) is 0 Å². The van der Waals surface area contributed by atoms with Gasteiger partial charge in [0, 0.05) is 0 Å². The molecule has 4 atom stereocenters. The molecule has 9 heteroatoms. The van der Waals surface area contributed by atoms with Crippen LogP contribution in [-0.4, -0.2) is 41.8 Å². The summed E-state index contributed by atoms with van der Waals surface area (Å²) in [5.41, 5.74) is 0. The van der Waals surface area contributed by atoms with Crippen LogP contribution < -0.4 is 0 Å². The molecular formula is C7H6F8O. The van der Waals surface area contributed by atoms with Crippen molar-refractivity contribution in [3.8, 4) is 0 Å². The highest BCUT2D eigenvalue weighted by Crippen LogP contribution is 2.59. The van der Waals surface area contributed by atoms with Crippen LogP contribution in [0, 0.1) is 5.92 Å². The van der Waals surface area contributed by atoms with Crippen molar-refractivity contribution < 1.29 is 40.2 Å². The van der Waals surface area contributed by atoms with Gasteiger partial charge in [0.15, 0.2) is 0 Å². The standard InChI is InChI=1S/C7H6F8O/c8-1-2(9)3-5(11,12)4(10)7(15,16)6(3,13)14/h2-4,16H,1H2. The molecule has 0 aromatic rings. The van der Waals surface area contributed by atoms with Gasteiger partial charge >= 0.3 is 11.8 Å². The van der Waals surface area contributed by atoms with Gasteiger partial charge in [0.1, 0.15) is 18.8 Å². The largest absolute Gasteiger partial charge is 0.355 e. The van der Waals surface area contributed by atoms with E-state index in [-0.39, 0.29) is 0 Å². The van der Waals surface area contributed by atoms with Crippen molar-refractivity contribution in [2.24, 2.45) is 5.92 Å². The van der Waals surface area contributed by atoms with Gasteiger partial charge in [-0.05, 0) is 0 Å². The smallest absolute Gasteiger partial charge is 0.320 e. The SMILES string of the molecule is OC1(F)C(F)C(F)(F)C(C(F)CF)C1(F)F. The molecule has 0 aromatic carbocycles. The minimum Gasteiger partial charge on any atom is -0.355 e. The zero-order chi connectivity index (χ0) is 12.9. The minimum absolute atomic E-state index is 2.27. The third-order valence-electron chi connectivity index (χ3n) is 2.46. The lowest BCUT2D eigenvalue weighted by Crippen LogP contribution is -2.49. The predicted molar refractivity (Wildman–Crippen MR) is 35.2 cm³/mol. The first kappa shape index (κ1) is 13.5. The number of aliphatic hydroxyl groups is 1. The van der Waals surface area contributed by atoms with Gasteiger partial charge in [-0.25, -0.2) is 26.3 Å². The minimum atomic E-state index is -5.42. The Labute approximate surface area is 84.0 Å². The Hall–Kier alpha value is -0.600. The molecule has 0 aliphatic heterocycles. The van der Waals surface area contributed by atoms with E-state index in [1.165, 1.54) is 0 Å². The van der Waals surface area contributed by atoms with Gasteiger partial charge in [0.25, 0.3) is 5.92 Å².